The first-order valence-corrected chi connectivity index (χ1v) is 11.1. The Kier molecular flexibility index (Phi) is 7.27. The Morgan fingerprint density at radius 1 is 0.812 bits per heavy atom. The molecule has 0 heterocycles. The van der Waals surface area contributed by atoms with Gasteiger partial charge >= 0.3 is 16.1 Å². The summed E-state index contributed by atoms with van der Waals surface area (Å²) in [7, 11) is -3.99. The monoisotopic (exact) mass is 454 g/mol. The number of benzene rings is 3. The van der Waals surface area contributed by atoms with Crippen molar-refractivity contribution in [2.24, 2.45) is 0 Å². The lowest BCUT2D eigenvalue weighted by Gasteiger charge is -2.09. The van der Waals surface area contributed by atoms with Gasteiger partial charge in [-0.3, -0.25) is 4.79 Å². The highest BCUT2D eigenvalue weighted by molar-refractivity contribution is 7.87. The number of carbonyl (C=O) groups excluding carboxylic acids is 2. The number of ketones is 1. The molecule has 0 aromatic heterocycles. The molecule has 0 spiro atoms. The van der Waals surface area contributed by atoms with Crippen LogP contribution in [0.25, 0.3) is 0 Å². The van der Waals surface area contributed by atoms with Crippen molar-refractivity contribution in [2.75, 3.05) is 13.2 Å². The number of carbonyl (C=O) groups is 2. The summed E-state index contributed by atoms with van der Waals surface area (Å²) in [5, 5.41) is 0. The highest BCUT2D eigenvalue weighted by atomic mass is 32.2. The van der Waals surface area contributed by atoms with Crippen molar-refractivity contribution in [3.63, 3.8) is 0 Å². The van der Waals surface area contributed by atoms with Crippen LogP contribution < -0.4 is 8.92 Å². The molecule has 0 saturated heterocycles. The fourth-order valence-electron chi connectivity index (χ4n) is 2.70. The van der Waals surface area contributed by atoms with Crippen molar-refractivity contribution in [1.29, 1.82) is 0 Å². The lowest BCUT2D eigenvalue weighted by molar-refractivity contribution is -0.144. The molecule has 0 amide bonds. The van der Waals surface area contributed by atoms with Crippen molar-refractivity contribution >= 4 is 21.9 Å². The number of para-hydroxylation sites is 1. The number of Topliss-reactive ketones (excluding diaryl/α,β-unsaturated/α-hetero) is 1. The highest BCUT2D eigenvalue weighted by Gasteiger charge is 2.17. The quantitative estimate of drug-likeness (QED) is 0.275. The van der Waals surface area contributed by atoms with Crippen molar-refractivity contribution < 1.29 is 31.7 Å². The number of hydrogen-bond donors (Lipinski definition) is 0. The van der Waals surface area contributed by atoms with Crippen molar-refractivity contribution in [2.45, 2.75) is 18.7 Å². The van der Waals surface area contributed by atoms with E-state index in [0.29, 0.717) is 5.75 Å². The second-order valence-corrected chi connectivity index (χ2v) is 8.56. The van der Waals surface area contributed by atoms with Gasteiger partial charge in [-0.25, -0.2) is 4.79 Å². The third-order valence-corrected chi connectivity index (χ3v) is 5.76. The van der Waals surface area contributed by atoms with Gasteiger partial charge in [-0.1, -0.05) is 35.9 Å². The Hall–Kier alpha value is -3.65. The van der Waals surface area contributed by atoms with Gasteiger partial charge in [-0.05, 0) is 61.9 Å². The van der Waals surface area contributed by atoms with E-state index in [1.54, 1.807) is 24.3 Å². The molecule has 0 radical (unpaired) electrons. The van der Waals surface area contributed by atoms with Crippen LogP contribution in [-0.2, 0) is 19.6 Å². The Morgan fingerprint density at radius 2 is 1.47 bits per heavy atom. The van der Waals surface area contributed by atoms with Gasteiger partial charge in [0.1, 0.15) is 16.4 Å². The van der Waals surface area contributed by atoms with Crippen LogP contribution in [0.15, 0.2) is 77.7 Å². The molecule has 7 nitrogen and oxygen atoms in total. The van der Waals surface area contributed by atoms with Crippen molar-refractivity contribution in [3.05, 3.63) is 89.5 Å². The van der Waals surface area contributed by atoms with E-state index in [1.807, 2.05) is 26.0 Å². The van der Waals surface area contributed by atoms with Crippen LogP contribution in [0, 0.1) is 13.8 Å². The van der Waals surface area contributed by atoms with E-state index in [9.17, 15) is 18.0 Å². The smallest absolute Gasteiger partial charge is 0.344 e. The van der Waals surface area contributed by atoms with Crippen LogP contribution in [0.5, 0.6) is 11.5 Å². The molecule has 0 N–H and O–H groups in total. The summed E-state index contributed by atoms with van der Waals surface area (Å²) in [5.41, 5.74) is 2.05. The van der Waals surface area contributed by atoms with Crippen LogP contribution in [0.4, 0.5) is 0 Å². The van der Waals surface area contributed by atoms with Gasteiger partial charge in [0.2, 0.25) is 0 Å². The highest BCUT2D eigenvalue weighted by Crippen LogP contribution is 2.20. The summed E-state index contributed by atoms with van der Waals surface area (Å²) in [4.78, 5) is 24.1. The minimum atomic E-state index is -3.99. The predicted molar refractivity (Wildman–Crippen MR) is 117 cm³/mol. The van der Waals surface area contributed by atoms with E-state index in [-0.39, 0.29) is 22.8 Å². The standard InChI is InChI=1S/C24H22O7S/c1-17-7-13-21(14-8-17)32(27,28)31-20-11-9-19(10-12-20)22(25)15-30-24(26)16-29-23-6-4-3-5-18(23)2/h3-14H,15-16H2,1-2H3. The molecule has 8 heteroatoms. The lowest BCUT2D eigenvalue weighted by Crippen LogP contribution is -2.19. The van der Waals surface area contributed by atoms with Crippen LogP contribution in [0.1, 0.15) is 21.5 Å². The summed E-state index contributed by atoms with van der Waals surface area (Å²) >= 11 is 0. The lowest BCUT2D eigenvalue weighted by atomic mass is 10.1. The third-order valence-electron chi connectivity index (χ3n) is 4.50. The molecule has 32 heavy (non-hydrogen) atoms. The molecular weight excluding hydrogens is 432 g/mol. The zero-order chi connectivity index (χ0) is 23.1. The average molecular weight is 455 g/mol. The average Bonchev–Trinajstić information content (AvgIpc) is 2.77. The van der Waals surface area contributed by atoms with Gasteiger partial charge in [-0.15, -0.1) is 0 Å². The van der Waals surface area contributed by atoms with E-state index in [4.69, 9.17) is 13.7 Å². The number of aryl methyl sites for hydroxylation is 2. The molecule has 0 aliphatic carbocycles. The van der Waals surface area contributed by atoms with Gasteiger partial charge in [0.25, 0.3) is 0 Å². The maximum absolute atomic E-state index is 12.3. The Balaban J connectivity index is 1.51. The van der Waals surface area contributed by atoms with E-state index >= 15 is 0 Å². The normalized spacial score (nSPS) is 10.9. The summed E-state index contributed by atoms with van der Waals surface area (Å²) in [5.74, 6) is -0.495. The molecule has 0 aliphatic rings. The number of rotatable bonds is 9. The van der Waals surface area contributed by atoms with E-state index in [0.717, 1.165) is 11.1 Å². The zero-order valence-corrected chi connectivity index (χ0v) is 18.4. The summed E-state index contributed by atoms with van der Waals surface area (Å²) in [6.45, 7) is 2.92. The molecule has 3 aromatic carbocycles. The van der Waals surface area contributed by atoms with Crippen LogP contribution >= 0.6 is 0 Å². The minimum Gasteiger partial charge on any atom is -0.482 e. The molecule has 0 saturated carbocycles. The molecule has 3 rings (SSSR count). The zero-order valence-electron chi connectivity index (χ0n) is 17.6. The first-order chi connectivity index (χ1) is 15.2. The largest absolute Gasteiger partial charge is 0.482 e. The van der Waals surface area contributed by atoms with E-state index in [2.05, 4.69) is 0 Å². The maximum Gasteiger partial charge on any atom is 0.344 e. The number of ether oxygens (including phenoxy) is 2. The van der Waals surface area contributed by atoms with Crippen molar-refractivity contribution in [1.82, 2.24) is 0 Å². The Bertz CT molecular complexity index is 1200. The molecule has 0 aliphatic heterocycles. The second kappa shape index (κ2) is 10.1. The molecule has 0 atom stereocenters. The fourth-order valence-corrected chi connectivity index (χ4v) is 3.63. The van der Waals surface area contributed by atoms with Crippen molar-refractivity contribution in [3.8, 4) is 11.5 Å². The third kappa shape index (κ3) is 6.18. The van der Waals surface area contributed by atoms with Crippen LogP contribution in [-0.4, -0.2) is 33.4 Å². The maximum atomic E-state index is 12.3. The topological polar surface area (TPSA) is 96.0 Å². The first kappa shape index (κ1) is 23.0. The minimum absolute atomic E-state index is 0.0306. The van der Waals surface area contributed by atoms with Crippen LogP contribution in [0.3, 0.4) is 0 Å². The van der Waals surface area contributed by atoms with Gasteiger partial charge in [0, 0.05) is 5.56 Å². The number of hydrogen-bond acceptors (Lipinski definition) is 7. The summed E-state index contributed by atoms with van der Waals surface area (Å²) < 4.78 is 40.1. The molecular formula is C24H22O7S. The molecule has 3 aromatic rings. The summed E-state index contributed by atoms with van der Waals surface area (Å²) in [6, 6.07) is 19.0. The molecule has 0 unspecified atom stereocenters. The predicted octanol–water partition coefficient (Wildman–Crippen LogP) is 3.88. The fraction of sp³-hybridized carbons (Fsp3) is 0.167. The Morgan fingerprint density at radius 3 is 2.12 bits per heavy atom. The second-order valence-electron chi connectivity index (χ2n) is 7.01. The molecule has 0 bridgehead atoms. The van der Waals surface area contributed by atoms with Gasteiger partial charge in [0.05, 0.1) is 0 Å². The summed E-state index contributed by atoms with van der Waals surface area (Å²) in [6.07, 6.45) is 0. The Labute approximate surface area is 186 Å². The van der Waals surface area contributed by atoms with Gasteiger partial charge in [-0.2, -0.15) is 8.42 Å². The van der Waals surface area contributed by atoms with Gasteiger partial charge in [0.15, 0.2) is 19.0 Å². The molecule has 0 fully saturated rings. The van der Waals surface area contributed by atoms with E-state index < -0.39 is 28.5 Å². The van der Waals surface area contributed by atoms with E-state index in [1.165, 1.54) is 36.4 Å². The van der Waals surface area contributed by atoms with Crippen LogP contribution in [0.2, 0.25) is 0 Å². The van der Waals surface area contributed by atoms with Gasteiger partial charge < -0.3 is 13.7 Å². The molecule has 166 valence electrons. The SMILES string of the molecule is Cc1ccc(S(=O)(=O)Oc2ccc(C(=O)COC(=O)COc3ccccc3C)cc2)cc1. The number of esters is 1. The first-order valence-electron chi connectivity index (χ1n) is 9.73.